The van der Waals surface area contributed by atoms with Crippen molar-refractivity contribution in [2.45, 2.75) is 89.1 Å². The van der Waals surface area contributed by atoms with Crippen LogP contribution in [0.2, 0.25) is 0 Å². The fraction of sp³-hybridized carbons (Fsp3) is 0.720. The maximum Gasteiger partial charge on any atom is 0.306 e. The van der Waals surface area contributed by atoms with Gasteiger partial charge in [0.1, 0.15) is 11.4 Å². The van der Waals surface area contributed by atoms with Crippen molar-refractivity contribution in [1.82, 2.24) is 4.90 Å². The number of esters is 1. The number of carbonyl (C=O) groups excluding carboxylic acids is 1. The lowest BCUT2D eigenvalue weighted by molar-refractivity contribution is -0.167. The van der Waals surface area contributed by atoms with Crippen LogP contribution in [0.4, 0.5) is 0 Å². The molecule has 30 heavy (non-hydrogen) atoms. The van der Waals surface area contributed by atoms with Crippen LogP contribution in [0.25, 0.3) is 0 Å². The van der Waals surface area contributed by atoms with Gasteiger partial charge in [-0.1, -0.05) is 51.2 Å². The number of unbranched alkanes of at least 4 members (excludes halogenated alkanes) is 4. The van der Waals surface area contributed by atoms with Gasteiger partial charge in [0.25, 0.3) is 0 Å². The standard InChI is InChI=1S/C25H41NO3.ClH/c1-5-6-7-8-10-13-24(27)29-25(18-11-9-12-19-25)23(20-26(2)3)21-14-16-22(28-4)17-15-21;/h14-17,23H,5-13,18-20H2,1-4H3;1H. The van der Waals surface area contributed by atoms with Crippen molar-refractivity contribution in [3.8, 4) is 5.75 Å². The number of carbonyl (C=O) groups is 1. The molecule has 0 saturated heterocycles. The molecule has 0 bridgehead atoms. The fourth-order valence-corrected chi connectivity index (χ4v) is 4.60. The summed E-state index contributed by atoms with van der Waals surface area (Å²) in [7, 11) is 5.89. The molecule has 0 heterocycles. The average molecular weight is 440 g/mol. The summed E-state index contributed by atoms with van der Waals surface area (Å²) in [6.07, 6.45) is 11.7. The lowest BCUT2D eigenvalue weighted by atomic mass is 9.72. The Morgan fingerprint density at radius 1 is 1.03 bits per heavy atom. The van der Waals surface area contributed by atoms with Gasteiger partial charge in [-0.2, -0.15) is 0 Å². The minimum atomic E-state index is -0.391. The molecule has 1 aromatic rings. The quantitative estimate of drug-likeness (QED) is 0.280. The molecule has 172 valence electrons. The molecule has 0 spiro atoms. The van der Waals surface area contributed by atoms with E-state index in [1.807, 2.05) is 12.1 Å². The number of likely N-dealkylation sites (N-methyl/N-ethyl adjacent to an activating group) is 1. The third-order valence-electron chi connectivity index (χ3n) is 6.20. The molecule has 1 aliphatic carbocycles. The second-order valence-corrected chi connectivity index (χ2v) is 8.85. The summed E-state index contributed by atoms with van der Waals surface area (Å²) < 4.78 is 11.7. The van der Waals surface area contributed by atoms with Crippen LogP contribution in [0, 0.1) is 0 Å². The molecule has 0 amide bonds. The molecule has 1 saturated carbocycles. The zero-order valence-corrected chi connectivity index (χ0v) is 20.3. The number of hydrogen-bond donors (Lipinski definition) is 0. The number of nitrogens with zero attached hydrogens (tertiary/aromatic N) is 1. The molecule has 1 atom stereocenters. The largest absolute Gasteiger partial charge is 0.497 e. The van der Waals surface area contributed by atoms with Crippen molar-refractivity contribution in [3.05, 3.63) is 29.8 Å². The van der Waals surface area contributed by atoms with Crippen molar-refractivity contribution >= 4 is 18.4 Å². The molecule has 0 N–H and O–H groups in total. The Balaban J connectivity index is 0.00000450. The maximum absolute atomic E-state index is 12.8. The number of rotatable bonds is 12. The highest BCUT2D eigenvalue weighted by Gasteiger charge is 2.44. The van der Waals surface area contributed by atoms with E-state index in [1.165, 1.54) is 31.2 Å². The number of ether oxygens (including phenoxy) is 2. The zero-order chi connectivity index (χ0) is 21.1. The van der Waals surface area contributed by atoms with Crippen LogP contribution < -0.4 is 4.74 Å². The van der Waals surface area contributed by atoms with Crippen LogP contribution in [-0.2, 0) is 9.53 Å². The molecule has 0 aromatic heterocycles. The van der Waals surface area contributed by atoms with Gasteiger partial charge >= 0.3 is 5.97 Å². The fourth-order valence-electron chi connectivity index (χ4n) is 4.60. The van der Waals surface area contributed by atoms with E-state index < -0.39 is 5.60 Å². The smallest absolute Gasteiger partial charge is 0.306 e. The van der Waals surface area contributed by atoms with Crippen molar-refractivity contribution < 1.29 is 14.3 Å². The SMILES string of the molecule is CCCCCCCC(=O)OC1(C(CN(C)C)c2ccc(OC)cc2)CCCCC1.Cl. The molecule has 1 fully saturated rings. The Kier molecular flexibility index (Phi) is 12.4. The minimum absolute atomic E-state index is 0. The van der Waals surface area contributed by atoms with Crippen molar-refractivity contribution in [2.24, 2.45) is 0 Å². The van der Waals surface area contributed by atoms with Crippen molar-refractivity contribution in [1.29, 1.82) is 0 Å². The van der Waals surface area contributed by atoms with Gasteiger partial charge in [-0.3, -0.25) is 4.79 Å². The van der Waals surface area contributed by atoms with Crippen LogP contribution in [0.5, 0.6) is 5.75 Å². The first kappa shape index (κ1) is 26.8. The van der Waals surface area contributed by atoms with Crippen LogP contribution in [0.15, 0.2) is 24.3 Å². The molecule has 5 heteroatoms. The second kappa shape index (κ2) is 13.9. The summed E-state index contributed by atoms with van der Waals surface area (Å²) in [5, 5.41) is 0. The van der Waals surface area contributed by atoms with Gasteiger partial charge in [0.2, 0.25) is 0 Å². The van der Waals surface area contributed by atoms with Gasteiger partial charge in [-0.05, 0) is 63.9 Å². The normalized spacial score (nSPS) is 16.6. The Morgan fingerprint density at radius 2 is 1.67 bits per heavy atom. The van der Waals surface area contributed by atoms with Gasteiger partial charge < -0.3 is 14.4 Å². The summed E-state index contributed by atoms with van der Waals surface area (Å²) in [5.41, 5.74) is 0.842. The number of halogens is 1. The molecule has 2 rings (SSSR count). The van der Waals surface area contributed by atoms with E-state index in [4.69, 9.17) is 9.47 Å². The summed E-state index contributed by atoms with van der Waals surface area (Å²) in [6.45, 7) is 3.08. The maximum atomic E-state index is 12.8. The zero-order valence-electron chi connectivity index (χ0n) is 19.5. The van der Waals surface area contributed by atoms with E-state index >= 15 is 0 Å². The molecular weight excluding hydrogens is 398 g/mol. The monoisotopic (exact) mass is 439 g/mol. The number of hydrogen-bond acceptors (Lipinski definition) is 4. The first-order valence-electron chi connectivity index (χ1n) is 11.5. The molecule has 1 aliphatic rings. The van der Waals surface area contributed by atoms with Crippen molar-refractivity contribution in [2.75, 3.05) is 27.7 Å². The van der Waals surface area contributed by atoms with E-state index in [9.17, 15) is 4.79 Å². The third kappa shape index (κ3) is 8.11. The van der Waals surface area contributed by atoms with Crippen molar-refractivity contribution in [3.63, 3.8) is 0 Å². The highest BCUT2D eigenvalue weighted by atomic mass is 35.5. The Hall–Kier alpha value is -1.26. The van der Waals surface area contributed by atoms with Gasteiger partial charge in [-0.25, -0.2) is 0 Å². The van der Waals surface area contributed by atoms with Gasteiger partial charge in [0, 0.05) is 18.9 Å². The first-order valence-corrected chi connectivity index (χ1v) is 11.5. The topological polar surface area (TPSA) is 38.8 Å². The Bertz CT molecular complexity index is 597. The van der Waals surface area contributed by atoms with E-state index in [2.05, 4.69) is 38.1 Å². The highest BCUT2D eigenvalue weighted by Crippen LogP contribution is 2.44. The number of methoxy groups -OCH3 is 1. The van der Waals surface area contributed by atoms with Gasteiger partial charge in [-0.15, -0.1) is 12.4 Å². The van der Waals surface area contributed by atoms with E-state index in [0.29, 0.717) is 6.42 Å². The first-order chi connectivity index (χ1) is 14.0. The summed E-state index contributed by atoms with van der Waals surface area (Å²) in [4.78, 5) is 15.0. The van der Waals surface area contributed by atoms with E-state index in [-0.39, 0.29) is 24.3 Å². The number of benzene rings is 1. The molecular formula is C25H42ClNO3. The average Bonchev–Trinajstić information content (AvgIpc) is 2.72. The van der Waals surface area contributed by atoms with Crippen LogP contribution in [0.1, 0.15) is 89.0 Å². The molecule has 4 nitrogen and oxygen atoms in total. The van der Waals surface area contributed by atoms with E-state index in [0.717, 1.165) is 50.8 Å². The summed E-state index contributed by atoms with van der Waals surface area (Å²) in [5.74, 6) is 1.02. The lowest BCUT2D eigenvalue weighted by Crippen LogP contribution is -2.46. The molecule has 0 aliphatic heterocycles. The molecule has 0 radical (unpaired) electrons. The third-order valence-corrected chi connectivity index (χ3v) is 6.20. The highest BCUT2D eigenvalue weighted by molar-refractivity contribution is 5.85. The molecule has 1 aromatic carbocycles. The Labute approximate surface area is 190 Å². The predicted molar refractivity (Wildman–Crippen MR) is 127 cm³/mol. The second-order valence-electron chi connectivity index (χ2n) is 8.85. The van der Waals surface area contributed by atoms with Crippen LogP contribution in [0.3, 0.4) is 0 Å². The minimum Gasteiger partial charge on any atom is -0.497 e. The molecule has 1 unspecified atom stereocenters. The van der Waals surface area contributed by atoms with Crippen LogP contribution in [-0.4, -0.2) is 44.2 Å². The summed E-state index contributed by atoms with van der Waals surface area (Å²) >= 11 is 0. The summed E-state index contributed by atoms with van der Waals surface area (Å²) in [6, 6.07) is 8.32. The predicted octanol–water partition coefficient (Wildman–Crippen LogP) is 6.37. The van der Waals surface area contributed by atoms with E-state index in [1.54, 1.807) is 7.11 Å². The van der Waals surface area contributed by atoms with Crippen LogP contribution >= 0.6 is 12.4 Å². The van der Waals surface area contributed by atoms with Gasteiger partial charge in [0.15, 0.2) is 0 Å². The van der Waals surface area contributed by atoms with Gasteiger partial charge in [0.05, 0.1) is 7.11 Å². The lowest BCUT2D eigenvalue weighted by Gasteiger charge is -2.44. The Morgan fingerprint density at radius 3 is 2.23 bits per heavy atom.